The van der Waals surface area contributed by atoms with Gasteiger partial charge in [-0.05, 0) is 31.5 Å². The van der Waals surface area contributed by atoms with Crippen molar-refractivity contribution in [2.75, 3.05) is 7.05 Å². The quantitative estimate of drug-likeness (QED) is 0.800. The first-order chi connectivity index (χ1) is 6.72. The molecule has 2 aromatic rings. The number of halogens is 1. The summed E-state index contributed by atoms with van der Waals surface area (Å²) in [7, 11) is 1.91. The molecular weight excluding hydrogens is 197 g/mol. The molecule has 1 atom stereocenters. The van der Waals surface area contributed by atoms with Crippen molar-refractivity contribution in [2.24, 2.45) is 0 Å². The van der Waals surface area contributed by atoms with Gasteiger partial charge < -0.3 is 5.32 Å². The van der Waals surface area contributed by atoms with Gasteiger partial charge in [-0.25, -0.2) is 4.39 Å². The summed E-state index contributed by atoms with van der Waals surface area (Å²) in [6.45, 7) is 2.07. The first-order valence-corrected chi connectivity index (χ1v) is 5.39. The second-order valence-corrected chi connectivity index (χ2v) is 4.40. The maximum Gasteiger partial charge on any atom is 0.140 e. The smallest absolute Gasteiger partial charge is 0.140 e. The number of nitrogens with one attached hydrogen (secondary N) is 1. The molecular formula is C11H12FNS. The van der Waals surface area contributed by atoms with Gasteiger partial charge in [-0.1, -0.05) is 12.1 Å². The molecule has 0 aliphatic rings. The van der Waals surface area contributed by atoms with Crippen LogP contribution in [0.1, 0.15) is 17.8 Å². The fourth-order valence-electron chi connectivity index (χ4n) is 1.40. The molecule has 1 aromatic heterocycles. The summed E-state index contributed by atoms with van der Waals surface area (Å²) in [5.41, 5.74) is 0. The minimum Gasteiger partial charge on any atom is -0.313 e. The number of hydrogen-bond acceptors (Lipinski definition) is 2. The highest BCUT2D eigenvalue weighted by molar-refractivity contribution is 7.19. The molecule has 0 aliphatic heterocycles. The van der Waals surface area contributed by atoms with Crippen molar-refractivity contribution in [3.63, 3.8) is 0 Å². The number of thiophene rings is 1. The summed E-state index contributed by atoms with van der Waals surface area (Å²) in [5.74, 6) is -0.123. The van der Waals surface area contributed by atoms with Crippen LogP contribution >= 0.6 is 11.3 Å². The van der Waals surface area contributed by atoms with Gasteiger partial charge in [-0.3, -0.25) is 0 Å². The third-order valence-electron chi connectivity index (χ3n) is 2.37. The van der Waals surface area contributed by atoms with Gasteiger partial charge in [0.05, 0.1) is 4.70 Å². The summed E-state index contributed by atoms with van der Waals surface area (Å²) in [4.78, 5) is 1.17. The van der Waals surface area contributed by atoms with E-state index in [4.69, 9.17) is 0 Å². The molecule has 3 heteroatoms. The van der Waals surface area contributed by atoms with Crippen LogP contribution in [0.3, 0.4) is 0 Å². The van der Waals surface area contributed by atoms with Crippen molar-refractivity contribution in [1.82, 2.24) is 5.32 Å². The van der Waals surface area contributed by atoms with E-state index < -0.39 is 0 Å². The van der Waals surface area contributed by atoms with Crippen LogP contribution in [-0.4, -0.2) is 7.05 Å². The van der Waals surface area contributed by atoms with Crippen LogP contribution in [0.25, 0.3) is 10.1 Å². The van der Waals surface area contributed by atoms with Gasteiger partial charge in [0.2, 0.25) is 0 Å². The van der Waals surface area contributed by atoms with E-state index in [1.165, 1.54) is 22.3 Å². The normalized spacial score (nSPS) is 13.4. The third kappa shape index (κ3) is 1.53. The van der Waals surface area contributed by atoms with Crippen molar-refractivity contribution >= 4 is 21.4 Å². The van der Waals surface area contributed by atoms with E-state index in [0.717, 1.165) is 10.1 Å². The predicted molar refractivity (Wildman–Crippen MR) is 59.3 cm³/mol. The Morgan fingerprint density at radius 3 is 2.86 bits per heavy atom. The molecule has 0 aliphatic carbocycles. The van der Waals surface area contributed by atoms with Crippen molar-refractivity contribution in [3.8, 4) is 0 Å². The Morgan fingerprint density at radius 2 is 2.21 bits per heavy atom. The summed E-state index contributed by atoms with van der Waals surface area (Å²) in [5, 5.41) is 4.14. The maximum atomic E-state index is 13.4. The number of hydrogen-bond donors (Lipinski definition) is 1. The Labute approximate surface area is 86.6 Å². The third-order valence-corrected chi connectivity index (χ3v) is 3.72. The number of fused-ring (bicyclic) bond motifs is 1. The van der Waals surface area contributed by atoms with Crippen LogP contribution in [0.5, 0.6) is 0 Å². The molecule has 0 saturated carbocycles. The molecule has 0 fully saturated rings. The van der Waals surface area contributed by atoms with Gasteiger partial charge >= 0.3 is 0 Å². The fraction of sp³-hybridized carbons (Fsp3) is 0.273. The minimum absolute atomic E-state index is 0.123. The highest BCUT2D eigenvalue weighted by Gasteiger charge is 2.09. The molecule has 1 aromatic carbocycles. The maximum absolute atomic E-state index is 13.4. The van der Waals surface area contributed by atoms with E-state index in [9.17, 15) is 4.39 Å². The molecule has 2 rings (SSSR count). The molecule has 74 valence electrons. The van der Waals surface area contributed by atoms with Crippen LogP contribution < -0.4 is 5.32 Å². The van der Waals surface area contributed by atoms with Gasteiger partial charge in [0, 0.05) is 10.9 Å². The monoisotopic (exact) mass is 209 g/mol. The summed E-state index contributed by atoms with van der Waals surface area (Å²) in [6.07, 6.45) is 0. The average Bonchev–Trinajstić information content (AvgIpc) is 2.62. The highest BCUT2D eigenvalue weighted by Crippen LogP contribution is 2.31. The zero-order valence-corrected chi connectivity index (χ0v) is 8.99. The molecule has 0 spiro atoms. The Bertz CT molecular complexity index is 449. The summed E-state index contributed by atoms with van der Waals surface area (Å²) < 4.78 is 14.1. The van der Waals surface area contributed by atoms with Crippen molar-refractivity contribution < 1.29 is 4.39 Å². The van der Waals surface area contributed by atoms with Crippen LogP contribution in [0.15, 0.2) is 24.3 Å². The van der Waals surface area contributed by atoms with E-state index in [-0.39, 0.29) is 11.9 Å². The standard InChI is InChI=1S/C11H12FNS/c1-7(13-2)10-6-8-4-3-5-9(12)11(8)14-10/h3-7,13H,1-2H3. The van der Waals surface area contributed by atoms with Gasteiger partial charge in [-0.15, -0.1) is 11.3 Å². The summed E-state index contributed by atoms with van der Waals surface area (Å²) >= 11 is 1.52. The van der Waals surface area contributed by atoms with Crippen LogP contribution in [-0.2, 0) is 0 Å². The zero-order valence-electron chi connectivity index (χ0n) is 8.17. The molecule has 0 saturated heterocycles. The summed E-state index contributed by atoms with van der Waals surface area (Å²) in [6, 6.07) is 7.53. The fourth-order valence-corrected chi connectivity index (χ4v) is 2.53. The molecule has 0 radical (unpaired) electrons. The molecule has 0 bridgehead atoms. The molecule has 1 nitrogen and oxygen atoms in total. The lowest BCUT2D eigenvalue weighted by molar-refractivity contribution is 0.641. The first-order valence-electron chi connectivity index (χ1n) is 4.57. The predicted octanol–water partition coefficient (Wildman–Crippen LogP) is 3.32. The largest absolute Gasteiger partial charge is 0.313 e. The van der Waals surface area contributed by atoms with Gasteiger partial charge in [0.25, 0.3) is 0 Å². The zero-order chi connectivity index (χ0) is 10.1. The van der Waals surface area contributed by atoms with E-state index in [1.54, 1.807) is 6.07 Å². The Balaban J connectivity index is 2.56. The van der Waals surface area contributed by atoms with Crippen LogP contribution in [0.2, 0.25) is 0 Å². The number of benzene rings is 1. The van der Waals surface area contributed by atoms with Gasteiger partial charge in [0.1, 0.15) is 5.82 Å². The Morgan fingerprint density at radius 1 is 1.43 bits per heavy atom. The van der Waals surface area contributed by atoms with Crippen LogP contribution in [0.4, 0.5) is 4.39 Å². The second kappa shape index (κ2) is 3.67. The molecule has 1 unspecified atom stereocenters. The highest BCUT2D eigenvalue weighted by atomic mass is 32.1. The van der Waals surface area contributed by atoms with Crippen molar-refractivity contribution in [2.45, 2.75) is 13.0 Å². The minimum atomic E-state index is -0.123. The lowest BCUT2D eigenvalue weighted by atomic mass is 10.2. The van der Waals surface area contributed by atoms with E-state index in [2.05, 4.69) is 12.2 Å². The van der Waals surface area contributed by atoms with Crippen molar-refractivity contribution in [3.05, 3.63) is 35.0 Å². The molecule has 0 amide bonds. The van der Waals surface area contributed by atoms with Crippen LogP contribution in [0, 0.1) is 5.82 Å². The van der Waals surface area contributed by atoms with Gasteiger partial charge in [0.15, 0.2) is 0 Å². The SMILES string of the molecule is CNC(C)c1cc2cccc(F)c2s1. The van der Waals surface area contributed by atoms with E-state index in [1.807, 2.05) is 19.2 Å². The van der Waals surface area contributed by atoms with Crippen molar-refractivity contribution in [1.29, 1.82) is 0 Å². The Hall–Kier alpha value is -0.930. The topological polar surface area (TPSA) is 12.0 Å². The second-order valence-electron chi connectivity index (χ2n) is 3.32. The Kier molecular flexibility index (Phi) is 2.52. The molecule has 1 N–H and O–H groups in total. The first kappa shape index (κ1) is 9.62. The average molecular weight is 209 g/mol. The van der Waals surface area contributed by atoms with Gasteiger partial charge in [-0.2, -0.15) is 0 Å². The van der Waals surface area contributed by atoms with E-state index >= 15 is 0 Å². The molecule has 14 heavy (non-hydrogen) atoms. The lowest BCUT2D eigenvalue weighted by Crippen LogP contribution is -2.10. The van der Waals surface area contributed by atoms with E-state index in [0.29, 0.717) is 0 Å². The molecule has 1 heterocycles. The number of rotatable bonds is 2. The lowest BCUT2D eigenvalue weighted by Gasteiger charge is -2.05.